The van der Waals surface area contributed by atoms with Crippen LogP contribution in [0.1, 0.15) is 35.2 Å². The quantitative estimate of drug-likeness (QED) is 0.755. The fourth-order valence-electron chi connectivity index (χ4n) is 2.99. The molecule has 0 atom stereocenters. The van der Waals surface area contributed by atoms with Crippen molar-refractivity contribution in [3.63, 3.8) is 0 Å². The Labute approximate surface area is 162 Å². The van der Waals surface area contributed by atoms with Crippen molar-refractivity contribution in [1.29, 1.82) is 0 Å². The smallest absolute Gasteiger partial charge is 0.255 e. The Balaban J connectivity index is 1.62. The molecule has 2 aromatic rings. The van der Waals surface area contributed by atoms with Crippen LogP contribution < -0.4 is 10.6 Å². The van der Waals surface area contributed by atoms with Gasteiger partial charge in [0.1, 0.15) is 0 Å². The fraction of sp³-hybridized carbons (Fsp3) is 0.238. The van der Waals surface area contributed by atoms with Gasteiger partial charge in [-0.1, -0.05) is 24.3 Å². The molecular formula is C21H21N3O4. The second-order valence-electron chi connectivity index (χ2n) is 6.54. The first-order valence-electron chi connectivity index (χ1n) is 9.05. The SMILES string of the molecule is Cc1c(NC(=O)CCN2C(=O)CCC2=O)cccc1NC(=O)c1ccccc1. The Bertz CT molecular complexity index is 909. The summed E-state index contributed by atoms with van der Waals surface area (Å²) in [5, 5.41) is 5.62. The third-order valence-electron chi connectivity index (χ3n) is 4.61. The molecule has 144 valence electrons. The van der Waals surface area contributed by atoms with Gasteiger partial charge in [-0.3, -0.25) is 24.1 Å². The van der Waals surface area contributed by atoms with E-state index in [9.17, 15) is 19.2 Å². The molecule has 28 heavy (non-hydrogen) atoms. The fourth-order valence-corrected chi connectivity index (χ4v) is 2.99. The molecule has 1 saturated heterocycles. The number of nitrogens with one attached hydrogen (secondary N) is 2. The lowest BCUT2D eigenvalue weighted by atomic mass is 10.1. The zero-order chi connectivity index (χ0) is 20.1. The van der Waals surface area contributed by atoms with Gasteiger partial charge in [0.05, 0.1) is 0 Å². The van der Waals surface area contributed by atoms with E-state index in [4.69, 9.17) is 0 Å². The monoisotopic (exact) mass is 379 g/mol. The van der Waals surface area contributed by atoms with Crippen LogP contribution in [0.5, 0.6) is 0 Å². The molecule has 0 unspecified atom stereocenters. The van der Waals surface area contributed by atoms with Crippen molar-refractivity contribution in [3.05, 3.63) is 59.7 Å². The van der Waals surface area contributed by atoms with E-state index < -0.39 is 0 Å². The predicted molar refractivity (Wildman–Crippen MR) is 105 cm³/mol. The Morgan fingerprint density at radius 3 is 2.14 bits per heavy atom. The van der Waals surface area contributed by atoms with Crippen LogP contribution in [-0.4, -0.2) is 35.1 Å². The summed E-state index contributed by atoms with van der Waals surface area (Å²) in [4.78, 5) is 48.9. The molecule has 7 nitrogen and oxygen atoms in total. The summed E-state index contributed by atoms with van der Waals surface area (Å²) < 4.78 is 0. The number of hydrogen-bond acceptors (Lipinski definition) is 4. The van der Waals surface area contributed by atoms with Gasteiger partial charge in [0.15, 0.2) is 0 Å². The Kier molecular flexibility index (Phi) is 5.84. The van der Waals surface area contributed by atoms with E-state index in [-0.39, 0.29) is 49.4 Å². The molecule has 0 radical (unpaired) electrons. The van der Waals surface area contributed by atoms with Crippen LogP contribution in [0.3, 0.4) is 0 Å². The number of carbonyl (C=O) groups is 4. The largest absolute Gasteiger partial charge is 0.326 e. The molecule has 7 heteroatoms. The highest BCUT2D eigenvalue weighted by Crippen LogP contribution is 2.24. The number of anilines is 2. The molecule has 1 heterocycles. The maximum atomic E-state index is 12.3. The highest BCUT2D eigenvalue weighted by atomic mass is 16.2. The second-order valence-corrected chi connectivity index (χ2v) is 6.54. The van der Waals surface area contributed by atoms with Crippen LogP contribution in [0.15, 0.2) is 48.5 Å². The number of likely N-dealkylation sites (tertiary alicyclic amines) is 1. The summed E-state index contributed by atoms with van der Waals surface area (Å²) in [5.41, 5.74) is 2.41. The highest BCUT2D eigenvalue weighted by molar-refractivity contribution is 6.05. The summed E-state index contributed by atoms with van der Waals surface area (Å²) in [6.45, 7) is 1.87. The van der Waals surface area contributed by atoms with Gasteiger partial charge in [0.25, 0.3) is 5.91 Å². The molecule has 3 rings (SSSR count). The van der Waals surface area contributed by atoms with Crippen molar-refractivity contribution in [1.82, 2.24) is 4.90 Å². The Morgan fingerprint density at radius 1 is 0.893 bits per heavy atom. The van der Waals surface area contributed by atoms with Gasteiger partial charge in [-0.25, -0.2) is 0 Å². The van der Waals surface area contributed by atoms with Crippen molar-refractivity contribution in [2.75, 3.05) is 17.2 Å². The summed E-state index contributed by atoms with van der Waals surface area (Å²) >= 11 is 0. The molecule has 4 amide bonds. The number of hydrogen-bond donors (Lipinski definition) is 2. The van der Waals surface area contributed by atoms with Crippen molar-refractivity contribution in [2.24, 2.45) is 0 Å². The third kappa shape index (κ3) is 4.43. The van der Waals surface area contributed by atoms with Crippen LogP contribution in [0, 0.1) is 6.92 Å². The molecular weight excluding hydrogens is 358 g/mol. The van der Waals surface area contributed by atoms with Crippen LogP contribution in [0.2, 0.25) is 0 Å². The highest BCUT2D eigenvalue weighted by Gasteiger charge is 2.28. The average molecular weight is 379 g/mol. The van der Waals surface area contributed by atoms with Gasteiger partial charge >= 0.3 is 0 Å². The van der Waals surface area contributed by atoms with Crippen LogP contribution >= 0.6 is 0 Å². The minimum atomic E-state index is -0.304. The summed E-state index contributed by atoms with van der Waals surface area (Å²) in [6.07, 6.45) is 0.447. The standard InChI is InChI=1S/C21H21N3O4/c1-14-16(22-18(25)12-13-24-19(26)10-11-20(24)27)8-5-9-17(14)23-21(28)15-6-3-2-4-7-15/h2-9H,10-13H2,1H3,(H,22,25)(H,23,28). The third-order valence-corrected chi connectivity index (χ3v) is 4.61. The molecule has 0 saturated carbocycles. The van der Waals surface area contributed by atoms with E-state index in [1.54, 1.807) is 49.4 Å². The van der Waals surface area contributed by atoms with Crippen LogP contribution in [-0.2, 0) is 14.4 Å². The van der Waals surface area contributed by atoms with Crippen LogP contribution in [0.4, 0.5) is 11.4 Å². The first-order chi connectivity index (χ1) is 13.5. The maximum absolute atomic E-state index is 12.3. The van der Waals surface area contributed by atoms with Gasteiger partial charge < -0.3 is 10.6 Å². The second kappa shape index (κ2) is 8.47. The first-order valence-corrected chi connectivity index (χ1v) is 9.05. The topological polar surface area (TPSA) is 95.6 Å². The molecule has 1 aliphatic heterocycles. The lowest BCUT2D eigenvalue weighted by Gasteiger charge is -2.15. The number of rotatable bonds is 6. The zero-order valence-electron chi connectivity index (χ0n) is 15.5. The van der Waals surface area contributed by atoms with Crippen molar-refractivity contribution < 1.29 is 19.2 Å². The van der Waals surface area contributed by atoms with Gasteiger partial charge in [-0.15, -0.1) is 0 Å². The summed E-state index contributed by atoms with van der Waals surface area (Å²) in [6, 6.07) is 14.1. The van der Waals surface area contributed by atoms with Crippen molar-refractivity contribution >= 4 is 35.0 Å². The minimum Gasteiger partial charge on any atom is -0.326 e. The molecule has 0 aliphatic carbocycles. The number of imide groups is 1. The van der Waals surface area contributed by atoms with Gasteiger partial charge in [0, 0.05) is 42.7 Å². The number of amides is 4. The van der Waals surface area contributed by atoms with E-state index in [0.717, 1.165) is 4.90 Å². The van der Waals surface area contributed by atoms with Crippen molar-refractivity contribution in [2.45, 2.75) is 26.2 Å². The Hall–Kier alpha value is -3.48. The normalized spacial score (nSPS) is 13.5. The molecule has 2 aromatic carbocycles. The van der Waals surface area contributed by atoms with E-state index in [0.29, 0.717) is 22.5 Å². The molecule has 2 N–H and O–H groups in total. The van der Waals surface area contributed by atoms with E-state index >= 15 is 0 Å². The van der Waals surface area contributed by atoms with Crippen LogP contribution in [0.25, 0.3) is 0 Å². The minimum absolute atomic E-state index is 0.0253. The molecule has 0 aromatic heterocycles. The molecule has 0 bridgehead atoms. The number of benzene rings is 2. The van der Waals surface area contributed by atoms with Gasteiger partial charge in [-0.05, 0) is 36.8 Å². The predicted octanol–water partition coefficient (Wildman–Crippen LogP) is 2.72. The van der Waals surface area contributed by atoms with Crippen molar-refractivity contribution in [3.8, 4) is 0 Å². The first kappa shape index (κ1) is 19.3. The van der Waals surface area contributed by atoms with E-state index in [1.165, 1.54) is 0 Å². The molecule has 1 aliphatic rings. The lowest BCUT2D eigenvalue weighted by Crippen LogP contribution is -2.32. The number of carbonyl (C=O) groups excluding carboxylic acids is 4. The molecule has 0 spiro atoms. The Morgan fingerprint density at radius 2 is 1.50 bits per heavy atom. The maximum Gasteiger partial charge on any atom is 0.255 e. The van der Waals surface area contributed by atoms with Gasteiger partial charge in [-0.2, -0.15) is 0 Å². The number of nitrogens with zero attached hydrogens (tertiary/aromatic N) is 1. The summed E-state index contributed by atoms with van der Waals surface area (Å²) in [5.74, 6) is -1.01. The molecule has 1 fully saturated rings. The lowest BCUT2D eigenvalue weighted by molar-refractivity contribution is -0.138. The van der Waals surface area contributed by atoms with E-state index in [1.807, 2.05) is 6.07 Å². The summed E-state index contributed by atoms with van der Waals surface area (Å²) in [7, 11) is 0. The van der Waals surface area contributed by atoms with Gasteiger partial charge in [0.2, 0.25) is 17.7 Å². The van der Waals surface area contributed by atoms with E-state index in [2.05, 4.69) is 10.6 Å². The average Bonchev–Trinajstić information content (AvgIpc) is 3.01. The zero-order valence-corrected chi connectivity index (χ0v) is 15.5.